The summed E-state index contributed by atoms with van der Waals surface area (Å²) in [5.74, 6) is -0.837. The van der Waals surface area contributed by atoms with Crippen molar-refractivity contribution in [3.8, 4) is 5.75 Å². The Morgan fingerprint density at radius 1 is 0.718 bits per heavy atom. The van der Waals surface area contributed by atoms with E-state index in [0.717, 1.165) is 38.3 Å². The fraction of sp³-hybridized carbons (Fsp3) is 0.727. The Bertz CT molecular complexity index is 882. The smallest absolute Gasteiger partial charge is 0.868 e. The van der Waals surface area contributed by atoms with Gasteiger partial charge in [0, 0.05) is 22.3 Å². The molecule has 3 atom stereocenters. The van der Waals surface area contributed by atoms with Gasteiger partial charge in [-0.15, -0.1) is 26.2 Å². The first kappa shape index (κ1) is 36.3. The van der Waals surface area contributed by atoms with Crippen molar-refractivity contribution in [2.45, 2.75) is 76.0 Å². The molecule has 2 heterocycles. The summed E-state index contributed by atoms with van der Waals surface area (Å²) in [6.07, 6.45) is 6.82. The molecule has 0 amide bonds. The molecule has 3 aliphatic rings. The zero-order valence-electron chi connectivity index (χ0n) is 21.6. The summed E-state index contributed by atoms with van der Waals surface area (Å²) in [4.78, 5) is 38.0. The third-order valence-corrected chi connectivity index (χ3v) is 5.91. The molecule has 1 aromatic carbocycles. The predicted octanol–water partition coefficient (Wildman–Crippen LogP) is 2.47. The molecule has 1 aromatic rings. The van der Waals surface area contributed by atoms with Crippen molar-refractivity contribution in [3.63, 3.8) is 0 Å². The number of rotatable bonds is 4. The minimum Gasteiger partial charge on any atom is -0.868 e. The summed E-state index contributed by atoms with van der Waals surface area (Å²) in [5.41, 5.74) is -1.25. The van der Waals surface area contributed by atoms with Crippen LogP contribution in [0.3, 0.4) is 0 Å². The van der Waals surface area contributed by atoms with E-state index in [-0.39, 0.29) is 42.3 Å². The minimum absolute atomic E-state index is 0. The van der Waals surface area contributed by atoms with Crippen LogP contribution in [0.1, 0.15) is 57.8 Å². The van der Waals surface area contributed by atoms with Crippen LogP contribution >= 0.6 is 0 Å². The SMILES string of the molecule is C1CC[N-]CC1.C1CC[N-]CC1.O=[N+]([O-])C1CCC([O-])C([N+](=O)[O-])C1.O=[N+]([O-])c1ccc([O-])c([N+](=O)[O-])c1.[Mg+2]. The van der Waals surface area contributed by atoms with Crippen molar-refractivity contribution in [2.24, 2.45) is 0 Å². The molecule has 39 heavy (non-hydrogen) atoms. The Morgan fingerprint density at radius 2 is 1.23 bits per heavy atom. The van der Waals surface area contributed by atoms with Crippen molar-refractivity contribution >= 4 is 34.4 Å². The number of nitro benzene ring substituents is 2. The molecule has 0 spiro atoms. The van der Waals surface area contributed by atoms with Crippen molar-refractivity contribution in [2.75, 3.05) is 26.2 Å². The summed E-state index contributed by atoms with van der Waals surface area (Å²) in [5, 5.41) is 71.1. The van der Waals surface area contributed by atoms with E-state index in [9.17, 15) is 50.7 Å². The Morgan fingerprint density at radius 3 is 1.56 bits per heavy atom. The van der Waals surface area contributed by atoms with E-state index < -0.39 is 55.0 Å². The molecule has 0 radical (unpaired) electrons. The Labute approximate surface area is 241 Å². The van der Waals surface area contributed by atoms with Crippen LogP contribution in [0.5, 0.6) is 5.75 Å². The first-order chi connectivity index (χ1) is 18.0. The second kappa shape index (κ2) is 20.2. The second-order valence-electron chi connectivity index (χ2n) is 8.77. The molecule has 2 aliphatic heterocycles. The van der Waals surface area contributed by atoms with E-state index >= 15 is 0 Å². The van der Waals surface area contributed by atoms with Gasteiger partial charge in [-0.2, -0.15) is 0 Å². The molecular formula is C22H32MgN6O10-2. The van der Waals surface area contributed by atoms with Gasteiger partial charge in [-0.25, -0.2) is 0 Å². The number of non-ortho nitro benzene ring substituents is 1. The van der Waals surface area contributed by atoms with Crippen molar-refractivity contribution in [1.29, 1.82) is 0 Å². The standard InChI is InChI=1S/C6H9N2O5.C6H4N2O5.2C5H10N.Mg/c2*9-6-2-1-4(7(10)11)3-5(6)8(12)13;2*1-2-4-6-5-3-1;/h4-6H,1-3H2;1-3,9H;2*1-5H2;/q-1;;2*-1;+2/p-1. The molecule has 16 nitrogen and oxygen atoms in total. The van der Waals surface area contributed by atoms with Crippen LogP contribution in [0, 0.1) is 40.5 Å². The summed E-state index contributed by atoms with van der Waals surface area (Å²) in [6, 6.07) is 0.165. The fourth-order valence-corrected chi connectivity index (χ4v) is 3.74. The molecule has 0 bridgehead atoms. The fourth-order valence-electron chi connectivity index (χ4n) is 3.74. The number of hydrogen-bond acceptors (Lipinski definition) is 10. The first-order valence-electron chi connectivity index (χ1n) is 12.3. The molecule has 1 aliphatic carbocycles. The largest absolute Gasteiger partial charge is 2.00 e. The van der Waals surface area contributed by atoms with E-state index in [1.165, 1.54) is 38.5 Å². The number of piperidine rings is 2. The van der Waals surface area contributed by atoms with Gasteiger partial charge in [0.1, 0.15) is 0 Å². The van der Waals surface area contributed by atoms with Gasteiger partial charge < -0.3 is 20.8 Å². The normalized spacial score (nSPS) is 21.9. The van der Waals surface area contributed by atoms with E-state index in [0.29, 0.717) is 6.07 Å². The maximum Gasteiger partial charge on any atom is 2.00 e. The van der Waals surface area contributed by atoms with Gasteiger partial charge in [-0.3, -0.25) is 40.5 Å². The van der Waals surface area contributed by atoms with Crippen LogP contribution in [0.4, 0.5) is 11.4 Å². The van der Waals surface area contributed by atoms with Crippen LogP contribution in [0.15, 0.2) is 18.2 Å². The van der Waals surface area contributed by atoms with E-state index in [4.69, 9.17) is 0 Å². The van der Waals surface area contributed by atoms with Crippen molar-refractivity contribution in [3.05, 3.63) is 69.3 Å². The second-order valence-corrected chi connectivity index (χ2v) is 8.77. The first-order valence-corrected chi connectivity index (χ1v) is 12.3. The topological polar surface area (TPSA) is 247 Å². The molecule has 2 saturated heterocycles. The molecule has 3 fully saturated rings. The van der Waals surface area contributed by atoms with Crippen LogP contribution in [-0.2, 0) is 0 Å². The minimum atomic E-state index is -1.29. The average Bonchev–Trinajstić information content (AvgIpc) is 2.91. The summed E-state index contributed by atoms with van der Waals surface area (Å²) in [7, 11) is 0. The zero-order valence-corrected chi connectivity index (χ0v) is 23.0. The molecule has 3 unspecified atom stereocenters. The summed E-state index contributed by atoms with van der Waals surface area (Å²) in [6.45, 7) is 4.50. The molecule has 0 aromatic heterocycles. The Kier molecular flexibility index (Phi) is 18.8. The van der Waals surface area contributed by atoms with Crippen molar-refractivity contribution in [1.82, 2.24) is 0 Å². The van der Waals surface area contributed by atoms with Crippen LogP contribution < -0.4 is 10.2 Å². The molecule has 1 saturated carbocycles. The number of nitro groups is 4. The van der Waals surface area contributed by atoms with Crippen LogP contribution in [-0.4, -0.2) is 87.1 Å². The van der Waals surface area contributed by atoms with Gasteiger partial charge in [0.15, 0.2) is 0 Å². The maximum absolute atomic E-state index is 11.0. The van der Waals surface area contributed by atoms with E-state index in [1.807, 2.05) is 0 Å². The number of nitrogens with zero attached hydrogens (tertiary/aromatic N) is 6. The third-order valence-electron chi connectivity index (χ3n) is 5.91. The Balaban J connectivity index is 0.000000518. The van der Waals surface area contributed by atoms with E-state index in [1.54, 1.807) is 0 Å². The van der Waals surface area contributed by atoms with Crippen molar-refractivity contribution < 1.29 is 29.9 Å². The third kappa shape index (κ3) is 14.8. The van der Waals surface area contributed by atoms with Gasteiger partial charge in [0.2, 0.25) is 12.1 Å². The average molecular weight is 565 g/mol. The summed E-state index contributed by atoms with van der Waals surface area (Å²) >= 11 is 0. The zero-order chi connectivity index (χ0) is 28.5. The summed E-state index contributed by atoms with van der Waals surface area (Å²) < 4.78 is 0. The van der Waals surface area contributed by atoms with E-state index in [2.05, 4.69) is 10.6 Å². The number of hydrogen-bond donors (Lipinski definition) is 0. The molecule has 214 valence electrons. The van der Waals surface area contributed by atoms with Crippen LogP contribution in [0.25, 0.3) is 10.6 Å². The number of benzene rings is 1. The molecular weight excluding hydrogens is 533 g/mol. The van der Waals surface area contributed by atoms with Gasteiger partial charge in [0.05, 0.1) is 22.3 Å². The van der Waals surface area contributed by atoms with Crippen LogP contribution in [0.2, 0.25) is 0 Å². The van der Waals surface area contributed by atoms with Gasteiger partial charge in [-0.1, -0.05) is 57.1 Å². The van der Waals surface area contributed by atoms with Gasteiger partial charge >= 0.3 is 23.1 Å². The maximum atomic E-state index is 11.0. The monoisotopic (exact) mass is 564 g/mol. The predicted molar refractivity (Wildman–Crippen MR) is 138 cm³/mol. The van der Waals surface area contributed by atoms with Gasteiger partial charge in [0.25, 0.3) is 11.4 Å². The van der Waals surface area contributed by atoms with Gasteiger partial charge in [-0.05, 0) is 5.75 Å². The molecule has 17 heteroatoms. The molecule has 4 rings (SSSR count). The Hall–Kier alpha value is -2.73. The quantitative estimate of drug-likeness (QED) is 0.293. The molecule has 0 N–H and O–H groups in total.